The summed E-state index contributed by atoms with van der Waals surface area (Å²) in [5.41, 5.74) is 6.57. The van der Waals surface area contributed by atoms with E-state index in [-0.39, 0.29) is 11.8 Å². The highest BCUT2D eigenvalue weighted by Crippen LogP contribution is 2.18. The van der Waals surface area contributed by atoms with Crippen molar-refractivity contribution in [1.82, 2.24) is 9.91 Å². The van der Waals surface area contributed by atoms with Crippen LogP contribution in [0.3, 0.4) is 0 Å². The zero-order valence-corrected chi connectivity index (χ0v) is 9.72. The monoisotopic (exact) mass is 224 g/mol. The number of rotatable bonds is 4. The van der Waals surface area contributed by atoms with E-state index in [0.29, 0.717) is 18.5 Å². The molecule has 0 aromatic carbocycles. The molecule has 16 heavy (non-hydrogen) atoms. The third-order valence-corrected chi connectivity index (χ3v) is 2.64. The molecule has 0 amide bonds. The smallest absolute Gasteiger partial charge is 0.136 e. The minimum Gasteiger partial charge on any atom is -0.400 e. The Morgan fingerprint density at radius 1 is 1.75 bits per heavy atom. The highest BCUT2D eigenvalue weighted by atomic mass is 16.1. The number of hydrazine groups is 1. The Morgan fingerprint density at radius 2 is 2.44 bits per heavy atom. The first-order valence-corrected chi connectivity index (χ1v) is 5.36. The predicted octanol–water partition coefficient (Wildman–Crippen LogP) is -0.188. The molecule has 0 spiro atoms. The number of carbonyl (C=O) groups is 1. The zero-order chi connectivity index (χ0) is 12.1. The second-order valence-electron chi connectivity index (χ2n) is 4.09. The molecule has 5 nitrogen and oxygen atoms in total. The number of ketones is 1. The average molecular weight is 224 g/mol. The lowest BCUT2D eigenvalue weighted by Gasteiger charge is -2.34. The highest BCUT2D eigenvalue weighted by Gasteiger charge is 2.27. The van der Waals surface area contributed by atoms with Crippen molar-refractivity contribution < 1.29 is 4.79 Å². The molecule has 0 aromatic rings. The van der Waals surface area contributed by atoms with Gasteiger partial charge in [0, 0.05) is 44.9 Å². The number of hydrogen-bond donors (Lipinski definition) is 2. The van der Waals surface area contributed by atoms with E-state index in [1.54, 1.807) is 13.2 Å². The molecule has 1 heterocycles. The lowest BCUT2D eigenvalue weighted by atomic mass is 9.98. The number of carbonyl (C=O) groups excluding carboxylic acids is 1. The summed E-state index contributed by atoms with van der Waals surface area (Å²) in [5.74, 6) is 5.76. The van der Waals surface area contributed by atoms with Crippen LogP contribution in [0.5, 0.6) is 0 Å². The number of likely N-dealkylation sites (tertiary alicyclic amines) is 1. The largest absolute Gasteiger partial charge is 0.400 e. The first kappa shape index (κ1) is 12.7. The molecule has 5 heteroatoms. The van der Waals surface area contributed by atoms with E-state index in [9.17, 15) is 4.79 Å². The van der Waals surface area contributed by atoms with Gasteiger partial charge in [-0.25, -0.2) is 5.84 Å². The second kappa shape index (κ2) is 5.67. The lowest BCUT2D eigenvalue weighted by molar-refractivity contribution is -0.122. The minimum atomic E-state index is -0.0507. The average Bonchev–Trinajstić information content (AvgIpc) is 2.20. The summed E-state index contributed by atoms with van der Waals surface area (Å²) in [6.07, 6.45) is 4.53. The summed E-state index contributed by atoms with van der Waals surface area (Å²) in [6.45, 7) is 5.18. The van der Waals surface area contributed by atoms with Gasteiger partial charge >= 0.3 is 0 Å². The van der Waals surface area contributed by atoms with Gasteiger partial charge in [-0.1, -0.05) is 6.08 Å². The van der Waals surface area contributed by atoms with Gasteiger partial charge in [0.05, 0.1) is 6.04 Å². The summed E-state index contributed by atoms with van der Waals surface area (Å²) >= 11 is 0. The van der Waals surface area contributed by atoms with Crippen molar-refractivity contribution in [3.8, 4) is 0 Å². The van der Waals surface area contributed by atoms with Gasteiger partial charge in [-0.15, -0.1) is 6.58 Å². The third-order valence-electron chi connectivity index (χ3n) is 2.64. The van der Waals surface area contributed by atoms with Crippen molar-refractivity contribution in [3.05, 3.63) is 24.6 Å². The van der Waals surface area contributed by atoms with Crippen molar-refractivity contribution >= 4 is 5.78 Å². The molecule has 1 aliphatic heterocycles. The maximum Gasteiger partial charge on any atom is 0.136 e. The van der Waals surface area contributed by atoms with Crippen molar-refractivity contribution in [2.75, 3.05) is 20.1 Å². The third kappa shape index (κ3) is 3.36. The molecule has 1 fully saturated rings. The number of Topliss-reactive ketones (excluding diaryl/α,β-unsaturated/α-hetero) is 1. The minimum absolute atomic E-state index is 0.0507. The standard InChI is InChI=1S/C11H20N4O/c1-3-5-15-6-4-9(16)7-11(15)10(12)8-14(2)13/h3,8,11H,1,4-7,12-13H2,2H3/b10-8-/t11-/m0/s1. The molecule has 90 valence electrons. The lowest BCUT2D eigenvalue weighted by Crippen LogP contribution is -2.46. The van der Waals surface area contributed by atoms with E-state index >= 15 is 0 Å². The molecule has 1 saturated heterocycles. The van der Waals surface area contributed by atoms with Crippen LogP contribution in [-0.4, -0.2) is 41.9 Å². The Morgan fingerprint density at radius 3 is 3.00 bits per heavy atom. The number of nitrogens with zero attached hydrogens (tertiary/aromatic N) is 2. The summed E-state index contributed by atoms with van der Waals surface area (Å²) in [6, 6.07) is -0.0507. The van der Waals surface area contributed by atoms with Gasteiger partial charge in [-0.3, -0.25) is 9.69 Å². The van der Waals surface area contributed by atoms with Gasteiger partial charge in [-0.2, -0.15) is 0 Å². The van der Waals surface area contributed by atoms with Crippen molar-refractivity contribution in [2.24, 2.45) is 11.6 Å². The van der Waals surface area contributed by atoms with Crippen molar-refractivity contribution in [3.63, 3.8) is 0 Å². The Kier molecular flexibility index (Phi) is 4.52. The molecule has 1 atom stereocenters. The Hall–Kier alpha value is -1.33. The molecule has 4 N–H and O–H groups in total. The van der Waals surface area contributed by atoms with Gasteiger partial charge in [0.15, 0.2) is 0 Å². The molecular formula is C11H20N4O. The molecular weight excluding hydrogens is 204 g/mol. The van der Waals surface area contributed by atoms with Crippen LogP contribution in [0.4, 0.5) is 0 Å². The van der Waals surface area contributed by atoms with E-state index in [1.807, 2.05) is 6.08 Å². The molecule has 0 aliphatic carbocycles. The van der Waals surface area contributed by atoms with E-state index < -0.39 is 0 Å². The van der Waals surface area contributed by atoms with Gasteiger partial charge in [0.1, 0.15) is 5.78 Å². The normalized spacial score (nSPS) is 23.2. The van der Waals surface area contributed by atoms with Crippen LogP contribution in [0.25, 0.3) is 0 Å². The Bertz CT molecular complexity index is 298. The topological polar surface area (TPSA) is 75.6 Å². The second-order valence-corrected chi connectivity index (χ2v) is 4.09. The van der Waals surface area contributed by atoms with Crippen LogP contribution >= 0.6 is 0 Å². The first-order chi connectivity index (χ1) is 7.54. The maximum atomic E-state index is 11.4. The van der Waals surface area contributed by atoms with Gasteiger partial charge in [-0.05, 0) is 0 Å². The number of hydrogen-bond acceptors (Lipinski definition) is 5. The van der Waals surface area contributed by atoms with Crippen molar-refractivity contribution in [1.29, 1.82) is 0 Å². The van der Waals surface area contributed by atoms with E-state index in [0.717, 1.165) is 13.1 Å². The SMILES string of the molecule is C=CCN1CCC(=O)C[C@H]1/C(N)=C/N(C)N. The first-order valence-electron chi connectivity index (χ1n) is 5.36. The molecule has 0 radical (unpaired) electrons. The van der Waals surface area contributed by atoms with Gasteiger partial charge in [0.25, 0.3) is 0 Å². The van der Waals surface area contributed by atoms with Crippen LogP contribution in [0.15, 0.2) is 24.6 Å². The van der Waals surface area contributed by atoms with Gasteiger partial charge in [0.2, 0.25) is 0 Å². The van der Waals surface area contributed by atoms with Crippen LogP contribution in [0.1, 0.15) is 12.8 Å². The summed E-state index contributed by atoms with van der Waals surface area (Å²) in [7, 11) is 1.70. The molecule has 0 bridgehead atoms. The fraction of sp³-hybridized carbons (Fsp3) is 0.545. The maximum absolute atomic E-state index is 11.4. The van der Waals surface area contributed by atoms with E-state index in [2.05, 4.69) is 11.5 Å². The van der Waals surface area contributed by atoms with E-state index in [4.69, 9.17) is 11.6 Å². The quantitative estimate of drug-likeness (QED) is 0.393. The molecule has 0 unspecified atom stereocenters. The summed E-state index contributed by atoms with van der Waals surface area (Å²) in [5, 5.41) is 1.40. The highest BCUT2D eigenvalue weighted by molar-refractivity contribution is 5.80. The fourth-order valence-electron chi connectivity index (χ4n) is 1.91. The van der Waals surface area contributed by atoms with Crippen LogP contribution < -0.4 is 11.6 Å². The summed E-state index contributed by atoms with van der Waals surface area (Å²) < 4.78 is 0. The van der Waals surface area contributed by atoms with Crippen LogP contribution in [0.2, 0.25) is 0 Å². The number of nitrogens with two attached hydrogens (primary N) is 2. The molecule has 0 aromatic heterocycles. The van der Waals surface area contributed by atoms with Crippen LogP contribution in [0, 0.1) is 0 Å². The van der Waals surface area contributed by atoms with Crippen molar-refractivity contribution in [2.45, 2.75) is 18.9 Å². The fourth-order valence-corrected chi connectivity index (χ4v) is 1.91. The number of piperidine rings is 1. The Labute approximate surface area is 96.3 Å². The zero-order valence-electron chi connectivity index (χ0n) is 9.72. The van der Waals surface area contributed by atoms with Crippen LogP contribution in [-0.2, 0) is 4.79 Å². The van der Waals surface area contributed by atoms with E-state index in [1.165, 1.54) is 5.01 Å². The molecule has 1 aliphatic rings. The summed E-state index contributed by atoms with van der Waals surface area (Å²) in [4.78, 5) is 13.6. The molecule has 0 saturated carbocycles. The Balaban J connectivity index is 2.77. The van der Waals surface area contributed by atoms with Gasteiger partial charge < -0.3 is 10.7 Å². The molecule has 1 rings (SSSR count). The predicted molar refractivity (Wildman–Crippen MR) is 64.0 cm³/mol.